The zero-order valence-electron chi connectivity index (χ0n) is 23.6. The summed E-state index contributed by atoms with van der Waals surface area (Å²) in [6, 6.07) is 0. The minimum Gasteiger partial charge on any atom is -0.481 e. The fraction of sp³-hybridized carbons (Fsp3) is 0.903. The van der Waals surface area contributed by atoms with Gasteiger partial charge in [0.25, 0.3) is 0 Å². The Morgan fingerprint density at radius 3 is 2.05 bits per heavy atom. The third-order valence-corrected chi connectivity index (χ3v) is 14.2. The van der Waals surface area contributed by atoms with Gasteiger partial charge in [-0.05, 0) is 117 Å². The van der Waals surface area contributed by atoms with E-state index in [1.54, 1.807) is 13.8 Å². The van der Waals surface area contributed by atoms with E-state index >= 15 is 0 Å². The minimum atomic E-state index is -4.65. The van der Waals surface area contributed by atoms with Crippen molar-refractivity contribution in [2.24, 2.45) is 56.7 Å². The molecule has 0 radical (unpaired) electrons. The van der Waals surface area contributed by atoms with Gasteiger partial charge in [0.1, 0.15) is 0 Å². The van der Waals surface area contributed by atoms with Crippen LogP contribution >= 0.6 is 0 Å². The van der Waals surface area contributed by atoms with Crippen LogP contribution in [-0.4, -0.2) is 28.0 Å². The second-order valence-corrected chi connectivity index (χ2v) is 15.2. The fourth-order valence-electron chi connectivity index (χ4n) is 12.0. The predicted octanol–water partition coefficient (Wildman–Crippen LogP) is 8.02. The molecule has 3 nitrogen and oxygen atoms in total. The first-order valence-corrected chi connectivity index (χ1v) is 14.5. The van der Waals surface area contributed by atoms with E-state index in [0.717, 1.165) is 44.1 Å². The molecule has 0 spiro atoms. The third kappa shape index (κ3) is 3.08. The molecule has 0 aromatic rings. The van der Waals surface area contributed by atoms with Crippen LogP contribution in [0.4, 0.5) is 13.2 Å². The lowest BCUT2D eigenvalue weighted by Gasteiger charge is -2.73. The molecule has 5 aliphatic rings. The van der Waals surface area contributed by atoms with Crippen LogP contribution in [0.1, 0.15) is 106 Å². The van der Waals surface area contributed by atoms with E-state index in [9.17, 15) is 28.2 Å². The summed E-state index contributed by atoms with van der Waals surface area (Å²) in [5.41, 5.74) is -3.92. The molecule has 0 saturated heterocycles. The lowest BCUT2D eigenvalue weighted by atomic mass is 9.31. The summed E-state index contributed by atoms with van der Waals surface area (Å²) in [6.45, 7) is 16.6. The van der Waals surface area contributed by atoms with E-state index in [2.05, 4.69) is 34.3 Å². The summed E-state index contributed by atoms with van der Waals surface area (Å²) < 4.78 is 42.7. The normalized spacial score (nSPS) is 52.9. The van der Waals surface area contributed by atoms with Crippen molar-refractivity contribution in [1.82, 2.24) is 0 Å². The van der Waals surface area contributed by atoms with Crippen molar-refractivity contribution in [3.8, 4) is 0 Å². The van der Waals surface area contributed by atoms with Crippen molar-refractivity contribution in [2.45, 2.75) is 118 Å². The van der Waals surface area contributed by atoms with E-state index < -0.39 is 28.6 Å². The Hall–Kier alpha value is -1.04. The number of hydrogen-bond donors (Lipinski definition) is 2. The summed E-state index contributed by atoms with van der Waals surface area (Å²) in [5, 5.41) is 21.6. The number of carboxylic acid groups (broad SMARTS) is 1. The number of carbonyl (C=O) groups is 1. The quantitative estimate of drug-likeness (QED) is 0.360. The van der Waals surface area contributed by atoms with Crippen LogP contribution in [0.3, 0.4) is 0 Å². The second-order valence-electron chi connectivity index (χ2n) is 15.2. The highest BCUT2D eigenvalue weighted by Crippen LogP contribution is 2.78. The number of halogens is 3. The van der Waals surface area contributed by atoms with Crippen LogP contribution in [0, 0.1) is 56.7 Å². The van der Waals surface area contributed by atoms with E-state index in [0.29, 0.717) is 19.3 Å². The lowest BCUT2D eigenvalue weighted by Crippen LogP contribution is -2.70. The van der Waals surface area contributed by atoms with Crippen molar-refractivity contribution in [1.29, 1.82) is 0 Å². The third-order valence-electron chi connectivity index (χ3n) is 14.2. The summed E-state index contributed by atoms with van der Waals surface area (Å²) in [5.74, 6) is -0.00161. The van der Waals surface area contributed by atoms with Gasteiger partial charge >= 0.3 is 12.1 Å². The van der Waals surface area contributed by atoms with E-state index in [1.807, 2.05) is 0 Å². The molecule has 5 saturated carbocycles. The van der Waals surface area contributed by atoms with Crippen LogP contribution in [0.25, 0.3) is 0 Å². The van der Waals surface area contributed by atoms with Gasteiger partial charge in [0.05, 0.1) is 5.41 Å². The van der Waals surface area contributed by atoms with Crippen LogP contribution < -0.4 is 0 Å². The SMILES string of the molecule is C=C(C)[C@@H]1CC[C@]2(C(=O)O)CC[C@]3(C)[C@H](CC[C@@H]4[C@@]5(C)CC[C@@](O)(C(F)(F)F)C(C)(C)[C@@H]5CC[C@]43C)[C@@H]12. The maximum atomic E-state index is 14.2. The molecule has 5 aliphatic carbocycles. The monoisotopic (exact) mass is 524 g/mol. The maximum Gasteiger partial charge on any atom is 0.417 e. The lowest BCUT2D eigenvalue weighted by molar-refractivity contribution is -0.345. The molecule has 10 atom stereocenters. The molecule has 210 valence electrons. The Morgan fingerprint density at radius 1 is 0.838 bits per heavy atom. The molecule has 0 unspecified atom stereocenters. The molecular formula is C31H47F3O3. The van der Waals surface area contributed by atoms with E-state index in [4.69, 9.17) is 0 Å². The highest BCUT2D eigenvalue weighted by Gasteiger charge is 2.75. The largest absolute Gasteiger partial charge is 0.481 e. The molecule has 0 aromatic heterocycles. The van der Waals surface area contributed by atoms with Gasteiger partial charge in [-0.2, -0.15) is 13.2 Å². The maximum absolute atomic E-state index is 14.2. The van der Waals surface area contributed by atoms with Gasteiger partial charge in [0.2, 0.25) is 0 Å². The average Bonchev–Trinajstić information content (AvgIpc) is 3.18. The predicted molar refractivity (Wildman–Crippen MR) is 138 cm³/mol. The van der Waals surface area contributed by atoms with Crippen molar-refractivity contribution in [3.05, 3.63) is 12.2 Å². The smallest absolute Gasteiger partial charge is 0.417 e. The highest BCUT2D eigenvalue weighted by atomic mass is 19.4. The molecule has 0 aliphatic heterocycles. The molecule has 0 aromatic carbocycles. The van der Waals surface area contributed by atoms with Gasteiger partial charge < -0.3 is 10.2 Å². The summed E-state index contributed by atoms with van der Waals surface area (Å²) >= 11 is 0. The van der Waals surface area contributed by atoms with Gasteiger partial charge in [-0.1, -0.05) is 46.8 Å². The Morgan fingerprint density at radius 2 is 1.49 bits per heavy atom. The molecular weight excluding hydrogens is 477 g/mol. The molecule has 0 heterocycles. The Bertz CT molecular complexity index is 1000. The van der Waals surface area contributed by atoms with Crippen molar-refractivity contribution >= 4 is 5.97 Å². The van der Waals surface area contributed by atoms with Crippen molar-refractivity contribution < 1.29 is 28.2 Å². The molecule has 5 rings (SSSR count). The number of aliphatic hydroxyl groups is 1. The summed E-state index contributed by atoms with van der Waals surface area (Å²) in [7, 11) is 0. The fourth-order valence-corrected chi connectivity index (χ4v) is 12.0. The van der Waals surface area contributed by atoms with Crippen molar-refractivity contribution in [3.63, 3.8) is 0 Å². The number of carboxylic acids is 1. The number of alkyl halides is 3. The Balaban J connectivity index is 1.55. The highest BCUT2D eigenvalue weighted by molar-refractivity contribution is 5.76. The molecule has 5 fully saturated rings. The molecule has 37 heavy (non-hydrogen) atoms. The first-order chi connectivity index (χ1) is 16.8. The van der Waals surface area contributed by atoms with Gasteiger partial charge in [-0.15, -0.1) is 0 Å². The zero-order valence-corrected chi connectivity index (χ0v) is 23.6. The second kappa shape index (κ2) is 7.79. The van der Waals surface area contributed by atoms with Gasteiger partial charge in [-0.3, -0.25) is 4.79 Å². The summed E-state index contributed by atoms with van der Waals surface area (Å²) in [6.07, 6.45) is 2.05. The van der Waals surface area contributed by atoms with Crippen LogP contribution in [0.15, 0.2) is 12.2 Å². The Labute approximate surface area is 220 Å². The first kappa shape index (κ1) is 27.5. The number of allylic oxidation sites excluding steroid dienone is 1. The number of aliphatic carboxylic acids is 1. The topological polar surface area (TPSA) is 57.5 Å². The Kier molecular flexibility index (Phi) is 5.79. The van der Waals surface area contributed by atoms with Gasteiger partial charge in [0.15, 0.2) is 5.60 Å². The van der Waals surface area contributed by atoms with Crippen molar-refractivity contribution in [2.75, 3.05) is 0 Å². The zero-order chi connectivity index (χ0) is 27.6. The molecule has 0 amide bonds. The van der Waals surface area contributed by atoms with E-state index in [1.165, 1.54) is 0 Å². The summed E-state index contributed by atoms with van der Waals surface area (Å²) in [4.78, 5) is 12.8. The van der Waals surface area contributed by atoms with Crippen LogP contribution in [0.5, 0.6) is 0 Å². The molecule has 2 N–H and O–H groups in total. The number of hydrogen-bond acceptors (Lipinski definition) is 2. The number of fused-ring (bicyclic) bond motifs is 7. The molecule has 0 bridgehead atoms. The van der Waals surface area contributed by atoms with Crippen LogP contribution in [-0.2, 0) is 4.79 Å². The average molecular weight is 525 g/mol. The van der Waals surface area contributed by atoms with Crippen LogP contribution in [0.2, 0.25) is 0 Å². The number of rotatable bonds is 2. The van der Waals surface area contributed by atoms with E-state index in [-0.39, 0.29) is 52.3 Å². The standard InChI is InChI=1S/C31H47F3O3/c1-18(2)19-10-13-29(24(35)36)16-15-27(6)20(23(19)29)8-9-22-26(5)14-17-30(37,31(32,33)34)25(3,4)21(26)11-12-28(22,27)7/h19-23,37H,1,8-17H2,2-7H3,(H,35,36)/t19-,20+,21-,22+,23+,26-,27+,28+,29-,30-/m0/s1. The van der Waals surface area contributed by atoms with Gasteiger partial charge in [0, 0.05) is 5.41 Å². The first-order valence-electron chi connectivity index (χ1n) is 14.5. The minimum absolute atomic E-state index is 0.0620. The molecule has 6 heteroatoms. The van der Waals surface area contributed by atoms with Gasteiger partial charge in [-0.25, -0.2) is 0 Å².